The minimum atomic E-state index is -0.279. The fourth-order valence-corrected chi connectivity index (χ4v) is 3.07. The molecule has 0 aromatic carbocycles. The summed E-state index contributed by atoms with van der Waals surface area (Å²) in [5.41, 5.74) is 0.448. The largest absolute Gasteiger partial charge is 0.473 e. The average Bonchev–Trinajstić information content (AvgIpc) is 3.12. The van der Waals surface area contributed by atoms with Crippen LogP contribution in [0.1, 0.15) is 22.5 Å². The first kappa shape index (κ1) is 13.9. The maximum absolute atomic E-state index is 12.0. The summed E-state index contributed by atoms with van der Waals surface area (Å²) in [6, 6.07) is 5.05. The zero-order chi connectivity index (χ0) is 14.7. The Bertz CT molecular complexity index is 621. The van der Waals surface area contributed by atoms with Crippen LogP contribution in [0.3, 0.4) is 0 Å². The zero-order valence-electron chi connectivity index (χ0n) is 11.5. The van der Waals surface area contributed by atoms with Gasteiger partial charge in [-0.05, 0) is 25.2 Å². The maximum Gasteiger partial charge on any atom is 0.258 e. The van der Waals surface area contributed by atoms with Crippen LogP contribution in [0.5, 0.6) is 5.88 Å². The Morgan fingerprint density at radius 1 is 1.52 bits per heavy atom. The van der Waals surface area contributed by atoms with Gasteiger partial charge in [-0.25, -0.2) is 4.98 Å². The van der Waals surface area contributed by atoms with Crippen molar-refractivity contribution in [1.82, 2.24) is 10.1 Å². The summed E-state index contributed by atoms with van der Waals surface area (Å²) in [7, 11) is 0. The summed E-state index contributed by atoms with van der Waals surface area (Å²) in [5, 5.41) is 6.36. The van der Waals surface area contributed by atoms with Gasteiger partial charge in [0.25, 0.3) is 5.91 Å². The van der Waals surface area contributed by atoms with Gasteiger partial charge in [-0.1, -0.05) is 5.16 Å². The Balaban J connectivity index is 1.61. The summed E-state index contributed by atoms with van der Waals surface area (Å²) < 4.78 is 10.6. The minimum absolute atomic E-state index is 0.222. The molecule has 2 aromatic heterocycles. The van der Waals surface area contributed by atoms with Gasteiger partial charge in [-0.3, -0.25) is 4.79 Å². The fourth-order valence-electron chi connectivity index (χ4n) is 1.97. The molecule has 1 saturated heterocycles. The highest BCUT2D eigenvalue weighted by Crippen LogP contribution is 2.22. The molecule has 7 heteroatoms. The first-order valence-electron chi connectivity index (χ1n) is 6.66. The number of hydrogen-bond donors (Lipinski definition) is 1. The van der Waals surface area contributed by atoms with Crippen molar-refractivity contribution in [2.75, 3.05) is 16.8 Å². The molecule has 0 radical (unpaired) electrons. The molecule has 1 unspecified atom stereocenters. The van der Waals surface area contributed by atoms with Crippen molar-refractivity contribution in [3.8, 4) is 5.88 Å². The van der Waals surface area contributed by atoms with E-state index >= 15 is 0 Å². The van der Waals surface area contributed by atoms with E-state index in [0.29, 0.717) is 23.0 Å². The summed E-state index contributed by atoms with van der Waals surface area (Å²) >= 11 is 1.88. The van der Waals surface area contributed by atoms with E-state index in [9.17, 15) is 4.79 Å². The topological polar surface area (TPSA) is 77.2 Å². The lowest BCUT2D eigenvalue weighted by atomic mass is 10.2. The normalized spacial score (nSPS) is 17.7. The van der Waals surface area contributed by atoms with Crippen molar-refractivity contribution in [3.63, 3.8) is 0 Å². The van der Waals surface area contributed by atoms with E-state index in [4.69, 9.17) is 9.26 Å². The molecule has 1 amide bonds. The third-order valence-electron chi connectivity index (χ3n) is 3.04. The van der Waals surface area contributed by atoms with Crippen LogP contribution in [0, 0.1) is 6.92 Å². The van der Waals surface area contributed by atoms with Crippen molar-refractivity contribution in [2.45, 2.75) is 19.4 Å². The van der Waals surface area contributed by atoms with Crippen molar-refractivity contribution >= 4 is 23.5 Å². The van der Waals surface area contributed by atoms with Crippen LogP contribution < -0.4 is 10.1 Å². The SMILES string of the molecule is Cc1cc(NC(=O)c2ccc(OC3CCSC3)nc2)no1. The second-order valence-corrected chi connectivity index (χ2v) is 5.92. The third-order valence-corrected chi connectivity index (χ3v) is 4.18. The van der Waals surface area contributed by atoms with Crippen molar-refractivity contribution in [2.24, 2.45) is 0 Å². The van der Waals surface area contributed by atoms with Crippen molar-refractivity contribution in [1.29, 1.82) is 0 Å². The highest BCUT2D eigenvalue weighted by atomic mass is 32.2. The molecule has 3 rings (SSSR count). The zero-order valence-corrected chi connectivity index (χ0v) is 12.4. The molecule has 3 heterocycles. The highest BCUT2D eigenvalue weighted by molar-refractivity contribution is 7.99. The number of carbonyl (C=O) groups excluding carboxylic acids is 1. The number of hydrogen-bond acceptors (Lipinski definition) is 6. The van der Waals surface area contributed by atoms with E-state index < -0.39 is 0 Å². The number of ether oxygens (including phenoxy) is 1. The van der Waals surface area contributed by atoms with E-state index in [0.717, 1.165) is 17.9 Å². The Kier molecular flexibility index (Phi) is 4.10. The average molecular weight is 305 g/mol. The number of nitrogens with one attached hydrogen (secondary N) is 1. The van der Waals surface area contributed by atoms with E-state index in [1.54, 1.807) is 25.1 Å². The molecule has 0 aliphatic carbocycles. The lowest BCUT2D eigenvalue weighted by Gasteiger charge is -2.11. The Labute approximate surface area is 126 Å². The first-order chi connectivity index (χ1) is 10.2. The first-order valence-corrected chi connectivity index (χ1v) is 7.81. The summed E-state index contributed by atoms with van der Waals surface area (Å²) in [5.74, 6) is 3.43. The Hall–Kier alpha value is -2.02. The standard InChI is InChI=1S/C14H15N3O3S/c1-9-6-12(17-20-9)16-14(18)10-2-3-13(15-7-10)19-11-4-5-21-8-11/h2-3,6-7,11H,4-5,8H2,1H3,(H,16,17,18). The number of thioether (sulfide) groups is 1. The van der Waals surface area contributed by atoms with E-state index in [1.807, 2.05) is 11.8 Å². The predicted molar refractivity (Wildman–Crippen MR) is 79.8 cm³/mol. The number of nitrogens with zero attached hydrogens (tertiary/aromatic N) is 2. The van der Waals surface area contributed by atoms with Gasteiger partial charge in [-0.2, -0.15) is 11.8 Å². The molecule has 6 nitrogen and oxygen atoms in total. The molecule has 0 bridgehead atoms. The third kappa shape index (κ3) is 3.55. The van der Waals surface area contributed by atoms with Gasteiger partial charge in [0.05, 0.1) is 5.56 Å². The number of aryl methyl sites for hydroxylation is 1. The van der Waals surface area contributed by atoms with E-state index in [-0.39, 0.29) is 12.0 Å². The van der Waals surface area contributed by atoms with Crippen LogP contribution in [0.2, 0.25) is 0 Å². The van der Waals surface area contributed by atoms with Gasteiger partial charge in [-0.15, -0.1) is 0 Å². The molecule has 2 aromatic rings. The van der Waals surface area contributed by atoms with E-state index in [2.05, 4.69) is 15.5 Å². The van der Waals surface area contributed by atoms with Gasteiger partial charge < -0.3 is 14.6 Å². The van der Waals surface area contributed by atoms with Gasteiger partial charge in [0.15, 0.2) is 5.82 Å². The molecular formula is C14H15N3O3S. The molecule has 1 atom stereocenters. The number of carbonyl (C=O) groups is 1. The lowest BCUT2D eigenvalue weighted by Crippen LogP contribution is -2.16. The smallest absolute Gasteiger partial charge is 0.258 e. The van der Waals surface area contributed by atoms with E-state index in [1.165, 1.54) is 6.20 Å². The quantitative estimate of drug-likeness (QED) is 0.935. The molecule has 0 spiro atoms. The summed E-state index contributed by atoms with van der Waals surface area (Å²) in [6.07, 6.45) is 2.76. The van der Waals surface area contributed by atoms with Crippen LogP contribution in [-0.4, -0.2) is 33.7 Å². The predicted octanol–water partition coefficient (Wildman–Crippen LogP) is 2.51. The number of amides is 1. The van der Waals surface area contributed by atoms with Crippen molar-refractivity contribution < 1.29 is 14.1 Å². The van der Waals surface area contributed by atoms with Gasteiger partial charge in [0, 0.05) is 24.1 Å². The van der Waals surface area contributed by atoms with Gasteiger partial charge in [0.2, 0.25) is 5.88 Å². The molecule has 110 valence electrons. The molecule has 1 aliphatic heterocycles. The molecule has 0 saturated carbocycles. The van der Waals surface area contributed by atoms with Crippen LogP contribution in [0.4, 0.5) is 5.82 Å². The van der Waals surface area contributed by atoms with Gasteiger partial charge in [0.1, 0.15) is 11.9 Å². The number of aromatic nitrogens is 2. The minimum Gasteiger partial charge on any atom is -0.473 e. The maximum atomic E-state index is 12.0. The van der Waals surface area contributed by atoms with Crippen LogP contribution in [0.15, 0.2) is 28.9 Å². The summed E-state index contributed by atoms with van der Waals surface area (Å²) in [4.78, 5) is 16.2. The monoisotopic (exact) mass is 305 g/mol. The molecule has 1 aliphatic rings. The highest BCUT2D eigenvalue weighted by Gasteiger charge is 2.17. The van der Waals surface area contributed by atoms with Crippen LogP contribution >= 0.6 is 11.8 Å². The number of rotatable bonds is 4. The Morgan fingerprint density at radius 2 is 2.43 bits per heavy atom. The van der Waals surface area contributed by atoms with Crippen molar-refractivity contribution in [3.05, 3.63) is 35.7 Å². The Morgan fingerprint density at radius 3 is 3.05 bits per heavy atom. The lowest BCUT2D eigenvalue weighted by molar-refractivity contribution is 0.102. The molecular weight excluding hydrogens is 290 g/mol. The summed E-state index contributed by atoms with van der Waals surface area (Å²) in [6.45, 7) is 1.76. The van der Waals surface area contributed by atoms with Crippen LogP contribution in [-0.2, 0) is 0 Å². The van der Waals surface area contributed by atoms with Crippen LogP contribution in [0.25, 0.3) is 0 Å². The fraction of sp³-hybridized carbons (Fsp3) is 0.357. The number of anilines is 1. The van der Waals surface area contributed by atoms with Gasteiger partial charge >= 0.3 is 0 Å². The second-order valence-electron chi connectivity index (χ2n) is 4.77. The molecule has 21 heavy (non-hydrogen) atoms. The molecule has 1 fully saturated rings. The number of pyridine rings is 1. The second kappa shape index (κ2) is 6.17. The molecule has 1 N–H and O–H groups in total.